The van der Waals surface area contributed by atoms with Crippen molar-refractivity contribution in [3.63, 3.8) is 0 Å². The largest absolute Gasteiger partial charge is 0.374 e. The van der Waals surface area contributed by atoms with E-state index in [4.69, 9.17) is 4.74 Å². The lowest BCUT2D eigenvalue weighted by atomic mass is 10.0. The van der Waals surface area contributed by atoms with Gasteiger partial charge in [0, 0.05) is 45.1 Å². The molecule has 2 saturated heterocycles. The molecule has 0 aromatic carbocycles. The predicted molar refractivity (Wildman–Crippen MR) is 96.3 cm³/mol. The third-order valence-corrected chi connectivity index (χ3v) is 4.93. The van der Waals surface area contributed by atoms with Gasteiger partial charge in [0.05, 0.1) is 18.8 Å². The van der Waals surface area contributed by atoms with Crippen molar-refractivity contribution in [3.8, 4) is 0 Å². The third kappa shape index (κ3) is 4.95. The Morgan fingerprint density at radius 1 is 1.44 bits per heavy atom. The minimum absolute atomic E-state index is 0.00863. The van der Waals surface area contributed by atoms with Crippen LogP contribution in [0.1, 0.15) is 45.0 Å². The number of urea groups is 1. The number of imidazole rings is 1. The summed E-state index contributed by atoms with van der Waals surface area (Å²) in [7, 11) is 0. The molecule has 0 spiro atoms. The number of nitrogens with one attached hydrogen (secondary N) is 2. The van der Waals surface area contributed by atoms with E-state index >= 15 is 0 Å². The van der Waals surface area contributed by atoms with Crippen LogP contribution < -0.4 is 5.32 Å². The number of aromatic amines is 1. The quantitative estimate of drug-likeness (QED) is 0.853. The molecule has 3 rings (SSSR count). The Bertz CT molecular complexity index is 534. The molecule has 2 N–H and O–H groups in total. The lowest BCUT2D eigenvalue weighted by molar-refractivity contribution is -0.0296. The van der Waals surface area contributed by atoms with E-state index in [9.17, 15) is 4.79 Å². The minimum atomic E-state index is -0.00863. The molecule has 25 heavy (non-hydrogen) atoms. The maximum atomic E-state index is 12.7. The molecule has 2 fully saturated rings. The average molecular weight is 349 g/mol. The highest BCUT2D eigenvalue weighted by atomic mass is 16.5. The first kappa shape index (κ1) is 18.2. The van der Waals surface area contributed by atoms with Gasteiger partial charge in [-0.15, -0.1) is 0 Å². The van der Waals surface area contributed by atoms with E-state index in [1.807, 2.05) is 11.1 Å². The van der Waals surface area contributed by atoms with Gasteiger partial charge in [0.1, 0.15) is 5.82 Å². The molecule has 1 aromatic heterocycles. The molecule has 0 aliphatic carbocycles. The molecule has 7 nitrogen and oxygen atoms in total. The number of hydrogen-bond donors (Lipinski definition) is 2. The summed E-state index contributed by atoms with van der Waals surface area (Å²) in [4.78, 5) is 24.6. The van der Waals surface area contributed by atoms with Crippen molar-refractivity contribution in [2.45, 2.75) is 45.3 Å². The van der Waals surface area contributed by atoms with Crippen LogP contribution in [-0.4, -0.2) is 71.2 Å². The summed E-state index contributed by atoms with van der Waals surface area (Å²) in [6, 6.07) is 0.0409. The van der Waals surface area contributed by atoms with E-state index in [1.165, 1.54) is 0 Å². The second-order valence-corrected chi connectivity index (χ2v) is 7.51. The first-order valence-electron chi connectivity index (χ1n) is 9.51. The summed E-state index contributed by atoms with van der Waals surface area (Å²) < 4.78 is 5.83. The van der Waals surface area contributed by atoms with E-state index in [0.29, 0.717) is 12.5 Å². The Morgan fingerprint density at radius 2 is 2.32 bits per heavy atom. The summed E-state index contributed by atoms with van der Waals surface area (Å²) >= 11 is 0. The molecular weight excluding hydrogens is 318 g/mol. The summed E-state index contributed by atoms with van der Waals surface area (Å²) in [5, 5.41) is 3.08. The van der Waals surface area contributed by atoms with Crippen LogP contribution in [0.25, 0.3) is 0 Å². The molecule has 2 amide bonds. The van der Waals surface area contributed by atoms with Gasteiger partial charge in [0.25, 0.3) is 0 Å². The van der Waals surface area contributed by atoms with Crippen molar-refractivity contribution < 1.29 is 9.53 Å². The topological polar surface area (TPSA) is 73.5 Å². The number of hydrogen-bond acceptors (Lipinski definition) is 4. The van der Waals surface area contributed by atoms with Crippen LogP contribution in [0.4, 0.5) is 4.79 Å². The van der Waals surface area contributed by atoms with Gasteiger partial charge in [-0.05, 0) is 25.2 Å². The molecule has 2 aliphatic heterocycles. The Hall–Kier alpha value is -1.60. The van der Waals surface area contributed by atoms with Crippen LogP contribution in [0, 0.1) is 5.92 Å². The highest BCUT2D eigenvalue weighted by molar-refractivity contribution is 5.74. The summed E-state index contributed by atoms with van der Waals surface area (Å²) in [6.07, 6.45) is 6.78. The number of H-pyrrole nitrogens is 1. The van der Waals surface area contributed by atoms with Crippen LogP contribution in [-0.2, 0) is 4.74 Å². The zero-order valence-corrected chi connectivity index (χ0v) is 15.4. The number of piperidine rings is 1. The highest BCUT2D eigenvalue weighted by Gasteiger charge is 2.30. The molecule has 2 aliphatic rings. The van der Waals surface area contributed by atoms with Crippen molar-refractivity contribution in [2.75, 3.05) is 39.3 Å². The number of carbonyl (C=O) groups is 1. The zero-order chi connectivity index (χ0) is 17.6. The molecule has 2 atom stereocenters. The molecule has 0 unspecified atom stereocenters. The Balaban J connectivity index is 1.51. The normalized spacial score (nSPS) is 25.3. The summed E-state index contributed by atoms with van der Waals surface area (Å²) in [6.45, 7) is 9.51. The van der Waals surface area contributed by atoms with Gasteiger partial charge in [-0.25, -0.2) is 9.78 Å². The maximum Gasteiger partial charge on any atom is 0.318 e. The lowest BCUT2D eigenvalue weighted by Crippen LogP contribution is -2.51. The van der Waals surface area contributed by atoms with Crippen LogP contribution >= 0.6 is 0 Å². The minimum Gasteiger partial charge on any atom is -0.374 e. The summed E-state index contributed by atoms with van der Waals surface area (Å²) in [5.74, 6) is 1.53. The van der Waals surface area contributed by atoms with Gasteiger partial charge in [-0.2, -0.15) is 0 Å². The fourth-order valence-corrected chi connectivity index (χ4v) is 3.81. The van der Waals surface area contributed by atoms with E-state index < -0.39 is 0 Å². The first-order valence-corrected chi connectivity index (χ1v) is 9.51. The SMILES string of the molecule is CC(C)CN1CCO[C@@H](CNC(=O)N2CCCC[C@H]2c2ncc[nH]2)C1. The first-order chi connectivity index (χ1) is 12.1. The monoisotopic (exact) mass is 349 g/mol. The molecule has 1 aromatic rings. The molecular formula is C18H31N5O2. The van der Waals surface area contributed by atoms with Gasteiger partial charge >= 0.3 is 6.03 Å². The smallest absolute Gasteiger partial charge is 0.318 e. The second kappa shape index (κ2) is 8.67. The number of ether oxygens (including phenoxy) is 1. The van der Waals surface area contributed by atoms with Gasteiger partial charge in [-0.3, -0.25) is 4.90 Å². The van der Waals surface area contributed by atoms with Crippen LogP contribution in [0.15, 0.2) is 12.4 Å². The fraction of sp³-hybridized carbons (Fsp3) is 0.778. The standard InChI is InChI=1S/C18H31N5O2/c1-14(2)12-22-9-10-25-15(13-22)11-21-18(24)23-8-4-3-5-16(23)17-19-6-7-20-17/h6-7,14-16H,3-5,8-13H2,1-2H3,(H,19,20)(H,21,24)/t15-,16-/m0/s1. The molecule has 0 radical (unpaired) electrons. The number of amides is 2. The Labute approximate surface area is 150 Å². The van der Waals surface area contributed by atoms with E-state index in [2.05, 4.69) is 34.0 Å². The summed E-state index contributed by atoms with van der Waals surface area (Å²) in [5.41, 5.74) is 0. The van der Waals surface area contributed by atoms with Crippen molar-refractivity contribution in [2.24, 2.45) is 5.92 Å². The number of rotatable bonds is 5. The van der Waals surface area contributed by atoms with Gasteiger partial charge < -0.3 is 19.9 Å². The highest BCUT2D eigenvalue weighted by Crippen LogP contribution is 2.28. The van der Waals surface area contributed by atoms with Crippen LogP contribution in [0.5, 0.6) is 0 Å². The average Bonchev–Trinajstić information content (AvgIpc) is 3.14. The van der Waals surface area contributed by atoms with E-state index in [0.717, 1.165) is 57.9 Å². The Morgan fingerprint density at radius 3 is 3.08 bits per heavy atom. The van der Waals surface area contributed by atoms with Crippen molar-refractivity contribution >= 4 is 6.03 Å². The third-order valence-electron chi connectivity index (χ3n) is 4.93. The number of likely N-dealkylation sites (tertiary alicyclic amines) is 1. The second-order valence-electron chi connectivity index (χ2n) is 7.51. The predicted octanol–water partition coefficient (Wildman–Crippen LogP) is 2.00. The van der Waals surface area contributed by atoms with Gasteiger partial charge in [0.15, 0.2) is 0 Å². The van der Waals surface area contributed by atoms with Crippen LogP contribution in [0.3, 0.4) is 0 Å². The molecule has 0 saturated carbocycles. The van der Waals surface area contributed by atoms with Gasteiger partial charge in [0.2, 0.25) is 0 Å². The lowest BCUT2D eigenvalue weighted by Gasteiger charge is -2.36. The van der Waals surface area contributed by atoms with Crippen molar-refractivity contribution in [1.29, 1.82) is 0 Å². The molecule has 3 heterocycles. The number of carbonyl (C=O) groups excluding carboxylic acids is 1. The zero-order valence-electron chi connectivity index (χ0n) is 15.4. The number of morpholine rings is 1. The molecule has 140 valence electrons. The van der Waals surface area contributed by atoms with Crippen molar-refractivity contribution in [1.82, 2.24) is 25.1 Å². The van der Waals surface area contributed by atoms with E-state index in [1.54, 1.807) is 6.20 Å². The fourth-order valence-electron chi connectivity index (χ4n) is 3.81. The number of aromatic nitrogens is 2. The number of nitrogens with zero attached hydrogens (tertiary/aromatic N) is 3. The van der Waals surface area contributed by atoms with Crippen molar-refractivity contribution in [3.05, 3.63) is 18.2 Å². The van der Waals surface area contributed by atoms with Gasteiger partial charge in [-0.1, -0.05) is 13.8 Å². The molecule has 0 bridgehead atoms. The van der Waals surface area contributed by atoms with E-state index in [-0.39, 0.29) is 18.2 Å². The molecule has 7 heteroatoms. The van der Waals surface area contributed by atoms with Crippen LogP contribution in [0.2, 0.25) is 0 Å². The Kier molecular flexibility index (Phi) is 6.31. The maximum absolute atomic E-state index is 12.7.